The Labute approximate surface area is 154 Å². The van der Waals surface area contributed by atoms with Crippen LogP contribution in [0.1, 0.15) is 5.56 Å². The van der Waals surface area contributed by atoms with E-state index in [0.29, 0.717) is 15.6 Å². The highest BCUT2D eigenvalue weighted by Crippen LogP contribution is 2.21. The van der Waals surface area contributed by atoms with Gasteiger partial charge in [-0.15, -0.1) is 0 Å². The number of nitrogens with one attached hydrogen (secondary N) is 1. The van der Waals surface area contributed by atoms with Crippen LogP contribution in [-0.4, -0.2) is 21.1 Å². The van der Waals surface area contributed by atoms with Gasteiger partial charge < -0.3 is 0 Å². The summed E-state index contributed by atoms with van der Waals surface area (Å²) in [5.74, 6) is 0.615. The van der Waals surface area contributed by atoms with Gasteiger partial charge in [-0.3, -0.25) is 0 Å². The molecule has 0 atom stereocenters. The van der Waals surface area contributed by atoms with E-state index in [9.17, 15) is 0 Å². The first-order chi connectivity index (χ1) is 12.2. The molecule has 6 heteroatoms. The molecule has 0 amide bonds. The fourth-order valence-corrected chi connectivity index (χ4v) is 3.07. The lowest BCUT2D eigenvalue weighted by Gasteiger charge is -2.03. The van der Waals surface area contributed by atoms with E-state index in [0.717, 1.165) is 21.9 Å². The lowest BCUT2D eigenvalue weighted by Crippen LogP contribution is -1.95. The molecule has 0 unspecified atom stereocenters. The molecule has 1 heterocycles. The number of benzene rings is 3. The van der Waals surface area contributed by atoms with Crippen LogP contribution in [0.25, 0.3) is 22.2 Å². The average Bonchev–Trinajstić information content (AvgIpc) is 3.00. The Morgan fingerprint density at radius 2 is 1.84 bits per heavy atom. The molecule has 122 valence electrons. The monoisotopic (exact) mass is 364 g/mol. The maximum Gasteiger partial charge on any atom is 0.216 e. The predicted molar refractivity (Wildman–Crippen MR) is 105 cm³/mol. The van der Waals surface area contributed by atoms with E-state index < -0.39 is 0 Å². The molecule has 0 bridgehead atoms. The van der Waals surface area contributed by atoms with Gasteiger partial charge in [0, 0.05) is 16.1 Å². The molecule has 0 aliphatic heterocycles. The molecule has 0 saturated heterocycles. The molecule has 0 radical (unpaired) electrons. The van der Waals surface area contributed by atoms with Crippen LogP contribution in [0, 0.1) is 4.77 Å². The number of fused-ring (bicyclic) bond motifs is 1. The fourth-order valence-electron chi connectivity index (χ4n) is 2.70. The minimum absolute atomic E-state index is 0.423. The molecular formula is C19H13ClN4S. The lowest BCUT2D eigenvalue weighted by atomic mass is 10.1. The number of hydrogen-bond acceptors (Lipinski definition) is 3. The van der Waals surface area contributed by atoms with Gasteiger partial charge in [-0.05, 0) is 35.1 Å². The Balaban J connectivity index is 1.80. The molecule has 0 aliphatic rings. The van der Waals surface area contributed by atoms with Crippen molar-refractivity contribution in [2.75, 3.05) is 0 Å². The molecule has 0 saturated carbocycles. The molecular weight excluding hydrogens is 352 g/mol. The highest BCUT2D eigenvalue weighted by molar-refractivity contribution is 7.71. The Bertz CT molecular complexity index is 1140. The van der Waals surface area contributed by atoms with Crippen molar-refractivity contribution in [1.29, 1.82) is 0 Å². The van der Waals surface area contributed by atoms with Crippen molar-refractivity contribution in [1.82, 2.24) is 14.9 Å². The van der Waals surface area contributed by atoms with E-state index >= 15 is 0 Å². The molecule has 1 N–H and O–H groups in total. The highest BCUT2D eigenvalue weighted by atomic mass is 35.5. The Hall–Kier alpha value is -2.76. The maximum atomic E-state index is 6.08. The third kappa shape index (κ3) is 3.12. The van der Waals surface area contributed by atoms with Gasteiger partial charge in [0.05, 0.1) is 6.21 Å². The van der Waals surface area contributed by atoms with E-state index in [1.54, 1.807) is 10.9 Å². The first kappa shape index (κ1) is 15.7. The van der Waals surface area contributed by atoms with Crippen molar-refractivity contribution in [2.45, 2.75) is 0 Å². The van der Waals surface area contributed by atoms with Crippen LogP contribution in [0.15, 0.2) is 71.8 Å². The van der Waals surface area contributed by atoms with Crippen LogP contribution < -0.4 is 0 Å². The Morgan fingerprint density at radius 1 is 1.04 bits per heavy atom. The van der Waals surface area contributed by atoms with E-state index in [4.69, 9.17) is 23.8 Å². The summed E-state index contributed by atoms with van der Waals surface area (Å²) < 4.78 is 2.02. The first-order valence-corrected chi connectivity index (χ1v) is 8.46. The number of nitrogens with zero attached hydrogens (tertiary/aromatic N) is 3. The van der Waals surface area contributed by atoms with Crippen molar-refractivity contribution in [3.63, 3.8) is 0 Å². The lowest BCUT2D eigenvalue weighted by molar-refractivity contribution is 0.872. The van der Waals surface area contributed by atoms with E-state index in [-0.39, 0.29) is 0 Å². The quantitative estimate of drug-likeness (QED) is 0.396. The summed E-state index contributed by atoms with van der Waals surface area (Å²) in [6.45, 7) is 0. The smallest absolute Gasteiger partial charge is 0.216 e. The van der Waals surface area contributed by atoms with Gasteiger partial charge in [-0.2, -0.15) is 14.9 Å². The first-order valence-electron chi connectivity index (χ1n) is 7.68. The molecule has 0 fully saturated rings. The molecule has 4 rings (SSSR count). The van der Waals surface area contributed by atoms with Crippen molar-refractivity contribution in [3.8, 4) is 11.4 Å². The fraction of sp³-hybridized carbons (Fsp3) is 0. The van der Waals surface area contributed by atoms with E-state index in [1.165, 1.54) is 0 Å². The second kappa shape index (κ2) is 6.63. The Morgan fingerprint density at radius 3 is 2.72 bits per heavy atom. The highest BCUT2D eigenvalue weighted by Gasteiger charge is 2.08. The van der Waals surface area contributed by atoms with Crippen LogP contribution in [0.5, 0.6) is 0 Å². The van der Waals surface area contributed by atoms with E-state index in [2.05, 4.69) is 33.5 Å². The minimum Gasteiger partial charge on any atom is -0.250 e. The van der Waals surface area contributed by atoms with Crippen LogP contribution >= 0.6 is 23.8 Å². The number of halogens is 1. The molecule has 4 nitrogen and oxygen atoms in total. The molecule has 0 spiro atoms. The second-order valence-electron chi connectivity index (χ2n) is 5.49. The Kier molecular flexibility index (Phi) is 4.17. The second-order valence-corrected chi connectivity index (χ2v) is 6.31. The third-order valence-corrected chi connectivity index (χ3v) is 4.37. The van der Waals surface area contributed by atoms with Crippen LogP contribution in [0.4, 0.5) is 0 Å². The number of H-pyrrole nitrogens is 1. The van der Waals surface area contributed by atoms with Gasteiger partial charge in [-0.1, -0.05) is 66.2 Å². The van der Waals surface area contributed by atoms with E-state index in [1.807, 2.05) is 48.5 Å². The van der Waals surface area contributed by atoms with Gasteiger partial charge in [0.2, 0.25) is 4.77 Å². The summed E-state index contributed by atoms with van der Waals surface area (Å²) in [4.78, 5) is 0. The van der Waals surface area contributed by atoms with Gasteiger partial charge in [0.25, 0.3) is 0 Å². The standard InChI is InChI=1S/C19H13ClN4S/c20-16-9-4-7-14(11-16)18-22-23-19(25)24(18)21-12-15-8-3-6-13-5-1-2-10-17(13)15/h1-12H,(H,23,25)/b21-12+. The van der Waals surface area contributed by atoms with Crippen LogP contribution in [-0.2, 0) is 0 Å². The van der Waals surface area contributed by atoms with Crippen LogP contribution in [0.2, 0.25) is 5.02 Å². The van der Waals surface area contributed by atoms with Crippen molar-refractivity contribution in [2.24, 2.45) is 5.10 Å². The number of hydrogen-bond donors (Lipinski definition) is 1. The minimum atomic E-state index is 0.423. The number of aromatic amines is 1. The zero-order chi connectivity index (χ0) is 17.2. The summed E-state index contributed by atoms with van der Waals surface area (Å²) in [6.07, 6.45) is 1.79. The van der Waals surface area contributed by atoms with Crippen LogP contribution in [0.3, 0.4) is 0 Å². The number of rotatable bonds is 3. The molecule has 4 aromatic rings. The van der Waals surface area contributed by atoms with Crippen molar-refractivity contribution >= 4 is 40.8 Å². The van der Waals surface area contributed by atoms with Gasteiger partial charge in [-0.25, -0.2) is 5.10 Å². The van der Waals surface area contributed by atoms with Gasteiger partial charge in [0.15, 0.2) is 5.82 Å². The largest absolute Gasteiger partial charge is 0.250 e. The SMILES string of the molecule is S=c1[nH]nc(-c2cccc(Cl)c2)n1/N=C/c1cccc2ccccc12. The van der Waals surface area contributed by atoms with Gasteiger partial charge >= 0.3 is 0 Å². The molecule has 3 aromatic carbocycles. The van der Waals surface area contributed by atoms with Gasteiger partial charge in [0.1, 0.15) is 0 Å². The molecule has 1 aromatic heterocycles. The van der Waals surface area contributed by atoms with Crippen molar-refractivity contribution in [3.05, 3.63) is 82.1 Å². The third-order valence-electron chi connectivity index (χ3n) is 3.87. The summed E-state index contributed by atoms with van der Waals surface area (Å²) >= 11 is 11.4. The topological polar surface area (TPSA) is 46.0 Å². The summed E-state index contributed by atoms with van der Waals surface area (Å²) in [5, 5.41) is 14.5. The average molecular weight is 365 g/mol. The maximum absolute atomic E-state index is 6.08. The predicted octanol–water partition coefficient (Wildman–Crippen LogP) is 5.30. The zero-order valence-electron chi connectivity index (χ0n) is 13.1. The zero-order valence-corrected chi connectivity index (χ0v) is 14.6. The molecule has 0 aliphatic carbocycles. The summed E-state index contributed by atoms with van der Waals surface area (Å²) in [6, 6.07) is 21.7. The summed E-state index contributed by atoms with van der Waals surface area (Å²) in [7, 11) is 0. The summed E-state index contributed by atoms with van der Waals surface area (Å²) in [5.41, 5.74) is 1.85. The normalized spacial score (nSPS) is 11.4. The molecule has 25 heavy (non-hydrogen) atoms. The van der Waals surface area contributed by atoms with Crippen molar-refractivity contribution < 1.29 is 0 Å². The number of aromatic nitrogens is 3.